The molecule has 306 valence electrons. The Morgan fingerprint density at radius 1 is 0.895 bits per heavy atom. The molecule has 1 aliphatic carbocycles. The van der Waals surface area contributed by atoms with Crippen LogP contribution >= 0.6 is 0 Å². The van der Waals surface area contributed by atoms with E-state index in [4.69, 9.17) is 9.52 Å². The van der Waals surface area contributed by atoms with Crippen molar-refractivity contribution in [3.05, 3.63) is 101 Å². The molecule has 2 aromatic carbocycles. The Labute approximate surface area is 336 Å². The van der Waals surface area contributed by atoms with Crippen LogP contribution in [0.3, 0.4) is 0 Å². The second-order valence-electron chi connectivity index (χ2n) is 15.5. The highest BCUT2D eigenvalue weighted by molar-refractivity contribution is 7.85. The van der Waals surface area contributed by atoms with Crippen molar-refractivity contribution >= 4 is 50.8 Å². The first kappa shape index (κ1) is 43.1. The lowest BCUT2D eigenvalue weighted by molar-refractivity contribution is -0.678. The Bertz CT molecular complexity index is 2180. The van der Waals surface area contributed by atoms with Crippen LogP contribution in [0, 0.1) is 5.41 Å². The third-order valence-corrected chi connectivity index (χ3v) is 11.5. The van der Waals surface area contributed by atoms with Crippen LogP contribution in [0.25, 0.3) is 17.2 Å². The Morgan fingerprint density at radius 3 is 2.33 bits per heavy atom. The minimum Gasteiger partial charge on any atom is -0.481 e. The molecule has 0 fully saturated rings. The van der Waals surface area contributed by atoms with Crippen LogP contribution in [-0.2, 0) is 36.5 Å². The third-order valence-electron chi connectivity index (χ3n) is 10.8. The number of unbranched alkanes of at least 4 members (excludes halogenated alkanes) is 3. The summed E-state index contributed by atoms with van der Waals surface area (Å²) in [4.78, 5) is 42.1. The fraction of sp³-hybridized carbons (Fsp3) is 0.455. The van der Waals surface area contributed by atoms with Crippen LogP contribution < -0.4 is 20.1 Å². The van der Waals surface area contributed by atoms with Gasteiger partial charge in [-0.3, -0.25) is 18.9 Å². The fourth-order valence-electron chi connectivity index (χ4n) is 7.84. The Morgan fingerprint density at radius 2 is 1.61 bits per heavy atom. The van der Waals surface area contributed by atoms with Crippen LogP contribution in [0.2, 0.25) is 0 Å². The van der Waals surface area contributed by atoms with Gasteiger partial charge in [-0.15, -0.1) is 0 Å². The van der Waals surface area contributed by atoms with Crippen molar-refractivity contribution in [1.29, 1.82) is 0 Å². The van der Waals surface area contributed by atoms with E-state index < -0.39 is 39.1 Å². The van der Waals surface area contributed by atoms with Gasteiger partial charge in [-0.25, -0.2) is 0 Å². The van der Waals surface area contributed by atoms with Gasteiger partial charge in [-0.2, -0.15) is 13.0 Å². The van der Waals surface area contributed by atoms with E-state index in [0.29, 0.717) is 30.7 Å². The summed E-state index contributed by atoms with van der Waals surface area (Å²) in [5, 5.41) is 14.6. The van der Waals surface area contributed by atoms with Gasteiger partial charge in [0, 0.05) is 55.3 Å². The average molecular weight is 802 g/mol. The van der Waals surface area contributed by atoms with E-state index in [1.165, 1.54) is 5.56 Å². The highest BCUT2D eigenvalue weighted by Gasteiger charge is 2.48. The number of anilines is 1. The standard InChI is InChI=1S/C44H56N4O8S/c1-5-7-27-47-35-16-11-10-15-34(35)43(3,4)38(47)22-20-32-29-33(21-23-39-48(26-6-2)36-17-12-13-18-37(36)56-39)31-44(30-32,42(52)46-25-28-57(53,54)55)41(51)45-24-14-8-9-19-40(49)50/h10-13,15-18,20-23,29H,5-9,14,19,24-28,30-31H2,1-4H3,(H3-,45,46,49,50,51,52,53,54,55)/p+1. The first-order chi connectivity index (χ1) is 27.2. The normalized spacial score (nSPS) is 19.3. The van der Waals surface area contributed by atoms with E-state index in [0.717, 1.165) is 60.4 Å². The predicted octanol–water partition coefficient (Wildman–Crippen LogP) is 7.02. The fourth-order valence-corrected chi connectivity index (χ4v) is 8.20. The summed E-state index contributed by atoms with van der Waals surface area (Å²) in [5.41, 5.74) is 4.57. The minimum atomic E-state index is -4.38. The predicted molar refractivity (Wildman–Crippen MR) is 222 cm³/mol. The zero-order valence-corrected chi connectivity index (χ0v) is 34.4. The number of nitrogens with zero attached hydrogens (tertiary/aromatic N) is 2. The van der Waals surface area contributed by atoms with Crippen molar-refractivity contribution in [3.8, 4) is 0 Å². The molecule has 2 aliphatic rings. The maximum Gasteiger partial charge on any atom is 0.374 e. The molecule has 4 N–H and O–H groups in total. The molecule has 0 spiro atoms. The number of carbonyl (C=O) groups excluding carboxylic acids is 2. The first-order valence-corrected chi connectivity index (χ1v) is 21.6. The van der Waals surface area contributed by atoms with Crippen molar-refractivity contribution in [2.24, 2.45) is 5.41 Å². The quantitative estimate of drug-likeness (QED) is 0.0431. The molecule has 12 nitrogen and oxygen atoms in total. The first-order valence-electron chi connectivity index (χ1n) is 20.0. The topological polar surface area (TPSA) is 170 Å². The van der Waals surface area contributed by atoms with Gasteiger partial charge in [-0.1, -0.05) is 83.0 Å². The lowest BCUT2D eigenvalue weighted by atomic mass is 9.70. The highest BCUT2D eigenvalue weighted by atomic mass is 32.2. The van der Waals surface area contributed by atoms with Crippen LogP contribution in [0.5, 0.6) is 0 Å². The van der Waals surface area contributed by atoms with Gasteiger partial charge in [-0.05, 0) is 73.1 Å². The molecule has 1 atom stereocenters. The van der Waals surface area contributed by atoms with Gasteiger partial charge in [0.25, 0.3) is 15.6 Å². The Balaban J connectivity index is 1.58. The zero-order chi connectivity index (χ0) is 41.2. The molecular weight excluding hydrogens is 745 g/mol. The second kappa shape index (κ2) is 19.0. The van der Waals surface area contributed by atoms with Crippen LogP contribution in [0.4, 0.5) is 5.69 Å². The van der Waals surface area contributed by atoms with E-state index in [1.807, 2.05) is 54.6 Å². The number of carboxylic acids is 1. The molecule has 5 rings (SSSR count). The number of aromatic nitrogens is 1. The number of para-hydroxylation sites is 3. The van der Waals surface area contributed by atoms with E-state index in [1.54, 1.807) is 0 Å². The summed E-state index contributed by atoms with van der Waals surface area (Å²) in [7, 11) is -4.38. The Hall–Kier alpha value is -5.01. The summed E-state index contributed by atoms with van der Waals surface area (Å²) in [5.74, 6) is -2.15. The van der Waals surface area contributed by atoms with Crippen molar-refractivity contribution < 1.29 is 41.4 Å². The summed E-state index contributed by atoms with van der Waals surface area (Å²) in [6.45, 7) is 10.0. The van der Waals surface area contributed by atoms with Crippen molar-refractivity contribution in [1.82, 2.24) is 10.6 Å². The van der Waals surface area contributed by atoms with Crippen molar-refractivity contribution in [2.75, 3.05) is 30.3 Å². The minimum absolute atomic E-state index is 0.00747. The van der Waals surface area contributed by atoms with E-state index in [-0.39, 0.29) is 37.8 Å². The molecule has 1 aromatic heterocycles. The van der Waals surface area contributed by atoms with Crippen molar-refractivity contribution in [2.45, 2.75) is 97.4 Å². The largest absolute Gasteiger partial charge is 0.481 e. The Kier molecular flexibility index (Phi) is 14.3. The van der Waals surface area contributed by atoms with E-state index in [2.05, 4.69) is 72.1 Å². The van der Waals surface area contributed by atoms with Gasteiger partial charge in [0.2, 0.25) is 17.4 Å². The number of allylic oxidation sites excluding steroid dienone is 7. The third kappa shape index (κ3) is 10.5. The summed E-state index contributed by atoms with van der Waals surface area (Å²) in [6.07, 6.45) is 14.3. The van der Waals surface area contributed by atoms with Gasteiger partial charge in [0.15, 0.2) is 6.54 Å². The van der Waals surface area contributed by atoms with Gasteiger partial charge in [0.05, 0.1) is 11.8 Å². The van der Waals surface area contributed by atoms with Crippen LogP contribution in [-0.4, -0.2) is 61.2 Å². The molecule has 2 heterocycles. The number of hydrogen-bond donors (Lipinski definition) is 4. The number of carbonyl (C=O) groups is 3. The maximum absolute atomic E-state index is 14.4. The number of aliphatic carboxylic acids is 1. The highest BCUT2D eigenvalue weighted by Crippen LogP contribution is 2.48. The number of fused-ring (bicyclic) bond motifs is 2. The lowest BCUT2D eigenvalue weighted by Gasteiger charge is -2.35. The zero-order valence-electron chi connectivity index (χ0n) is 33.6. The number of aryl methyl sites for hydroxylation is 1. The van der Waals surface area contributed by atoms with Gasteiger partial charge >= 0.3 is 11.9 Å². The molecule has 13 heteroatoms. The number of nitrogens with one attached hydrogen (secondary N) is 2. The average Bonchev–Trinajstić information content (AvgIpc) is 3.63. The number of oxazole rings is 1. The molecule has 1 aliphatic heterocycles. The maximum atomic E-state index is 14.4. The van der Waals surface area contributed by atoms with Crippen LogP contribution in [0.1, 0.15) is 96.9 Å². The molecule has 2 amide bonds. The number of carboxylic acid groups (broad SMARTS) is 1. The monoisotopic (exact) mass is 801 g/mol. The molecule has 0 bridgehead atoms. The van der Waals surface area contributed by atoms with Gasteiger partial charge < -0.3 is 25.1 Å². The summed E-state index contributed by atoms with van der Waals surface area (Å²) >= 11 is 0. The summed E-state index contributed by atoms with van der Waals surface area (Å²) < 4.78 is 41.0. The molecular formula is C44H57N4O8S+. The SMILES string of the molecule is CCCCN1C(=CC=C2C=C(C=Cc3oc4ccccc4[n+]3CCC)CC(C(=O)NCCCCCC(=O)O)(C(=O)NCCS(=O)(=O)O)C2)C(C)(C)c2ccccc21. The summed E-state index contributed by atoms with van der Waals surface area (Å²) in [6, 6.07) is 16.2. The molecule has 3 aromatic rings. The number of benzene rings is 2. The molecule has 1 unspecified atom stereocenters. The van der Waals surface area contributed by atoms with E-state index in [9.17, 15) is 27.4 Å². The number of amides is 2. The molecule has 0 saturated carbocycles. The smallest absolute Gasteiger partial charge is 0.374 e. The van der Waals surface area contributed by atoms with E-state index >= 15 is 0 Å². The van der Waals surface area contributed by atoms with Crippen LogP contribution in [0.15, 0.2) is 94.1 Å². The molecule has 57 heavy (non-hydrogen) atoms. The van der Waals surface area contributed by atoms with Crippen molar-refractivity contribution in [3.63, 3.8) is 0 Å². The molecule has 0 radical (unpaired) electrons. The molecule has 0 saturated heterocycles. The second-order valence-corrected chi connectivity index (χ2v) is 17.1. The lowest BCUT2D eigenvalue weighted by Crippen LogP contribution is -2.53. The number of rotatable bonds is 19. The number of hydrogen-bond acceptors (Lipinski definition) is 7. The van der Waals surface area contributed by atoms with Gasteiger partial charge in [0.1, 0.15) is 5.41 Å².